The SMILES string of the molecule is N#CC1(c2ccc(OC(F)F)c(O[C@@H]3CC[C@H](O)C3)c2)CCN(CC(=O)O)CC1. The van der Waals surface area contributed by atoms with Crippen LogP contribution >= 0.6 is 0 Å². The van der Waals surface area contributed by atoms with Gasteiger partial charge in [0.15, 0.2) is 11.5 Å². The monoisotopic (exact) mass is 410 g/mol. The van der Waals surface area contributed by atoms with Crippen molar-refractivity contribution in [3.05, 3.63) is 23.8 Å². The summed E-state index contributed by atoms with van der Waals surface area (Å²) in [4.78, 5) is 12.7. The number of aliphatic hydroxyl groups is 1. The van der Waals surface area contributed by atoms with Crippen molar-refractivity contribution in [1.82, 2.24) is 4.90 Å². The number of benzene rings is 1. The molecule has 7 nitrogen and oxygen atoms in total. The number of carboxylic acid groups (broad SMARTS) is 1. The number of nitrogens with zero attached hydrogens (tertiary/aromatic N) is 2. The molecule has 158 valence electrons. The molecule has 0 unspecified atom stereocenters. The molecular weight excluding hydrogens is 386 g/mol. The lowest BCUT2D eigenvalue weighted by Gasteiger charge is -2.37. The average molecular weight is 410 g/mol. The lowest BCUT2D eigenvalue weighted by molar-refractivity contribution is -0.138. The highest BCUT2D eigenvalue weighted by Gasteiger charge is 2.38. The van der Waals surface area contributed by atoms with Gasteiger partial charge in [0.2, 0.25) is 0 Å². The fourth-order valence-corrected chi connectivity index (χ4v) is 4.04. The van der Waals surface area contributed by atoms with Gasteiger partial charge in [-0.3, -0.25) is 9.69 Å². The smallest absolute Gasteiger partial charge is 0.387 e. The molecule has 1 aromatic carbocycles. The number of piperidine rings is 1. The number of nitriles is 1. The van der Waals surface area contributed by atoms with Crippen LogP contribution in [-0.2, 0) is 10.2 Å². The molecule has 0 amide bonds. The van der Waals surface area contributed by atoms with E-state index in [9.17, 15) is 23.9 Å². The normalized spacial score (nSPS) is 24.2. The van der Waals surface area contributed by atoms with Gasteiger partial charge in [0, 0.05) is 19.5 Å². The lowest BCUT2D eigenvalue weighted by Crippen LogP contribution is -2.43. The highest BCUT2D eigenvalue weighted by Crippen LogP contribution is 2.41. The molecule has 0 aromatic heterocycles. The average Bonchev–Trinajstić information content (AvgIpc) is 3.08. The molecule has 1 aromatic rings. The van der Waals surface area contributed by atoms with Crippen LogP contribution in [0.3, 0.4) is 0 Å². The molecule has 3 rings (SSSR count). The first-order valence-corrected chi connectivity index (χ1v) is 9.61. The number of ether oxygens (including phenoxy) is 2. The van der Waals surface area contributed by atoms with Crippen molar-refractivity contribution in [1.29, 1.82) is 5.26 Å². The Bertz CT molecular complexity index is 775. The largest absolute Gasteiger partial charge is 0.486 e. The molecule has 0 spiro atoms. The summed E-state index contributed by atoms with van der Waals surface area (Å²) < 4.78 is 36.0. The van der Waals surface area contributed by atoms with Crippen molar-refractivity contribution in [3.8, 4) is 17.6 Å². The van der Waals surface area contributed by atoms with E-state index in [4.69, 9.17) is 9.84 Å². The molecule has 1 aliphatic carbocycles. The zero-order valence-electron chi connectivity index (χ0n) is 15.9. The third-order valence-electron chi connectivity index (χ3n) is 5.65. The van der Waals surface area contributed by atoms with E-state index in [0.717, 1.165) is 0 Å². The number of aliphatic hydroxyl groups excluding tert-OH is 1. The molecule has 1 saturated heterocycles. The lowest BCUT2D eigenvalue weighted by atomic mass is 9.74. The maximum Gasteiger partial charge on any atom is 0.387 e. The third-order valence-corrected chi connectivity index (χ3v) is 5.65. The van der Waals surface area contributed by atoms with Crippen LogP contribution in [0.25, 0.3) is 0 Å². The summed E-state index contributed by atoms with van der Waals surface area (Å²) in [5, 5.41) is 28.5. The molecule has 29 heavy (non-hydrogen) atoms. The minimum atomic E-state index is -3.01. The predicted molar refractivity (Wildman–Crippen MR) is 97.9 cm³/mol. The van der Waals surface area contributed by atoms with E-state index in [-0.39, 0.29) is 24.1 Å². The van der Waals surface area contributed by atoms with Gasteiger partial charge in [-0.1, -0.05) is 6.07 Å². The zero-order chi connectivity index (χ0) is 21.0. The standard InChI is InChI=1S/C20H24F2N2O5/c21-19(22)29-16-4-1-13(9-17(16)28-15-3-2-14(25)10-15)20(12-23)5-7-24(8-6-20)11-18(26)27/h1,4,9,14-15,19,25H,2-3,5-8,10-11H2,(H,26,27)/t14-,15+/m0/s1. The van der Waals surface area contributed by atoms with E-state index in [1.165, 1.54) is 6.07 Å². The van der Waals surface area contributed by atoms with Crippen LogP contribution in [0.4, 0.5) is 8.78 Å². The van der Waals surface area contributed by atoms with Crippen molar-refractivity contribution in [2.45, 2.75) is 56.3 Å². The first-order valence-electron chi connectivity index (χ1n) is 9.61. The van der Waals surface area contributed by atoms with Crippen LogP contribution in [0.1, 0.15) is 37.7 Å². The molecule has 1 heterocycles. The number of carbonyl (C=O) groups is 1. The molecular formula is C20H24F2N2O5. The van der Waals surface area contributed by atoms with Gasteiger partial charge in [-0.25, -0.2) is 0 Å². The van der Waals surface area contributed by atoms with Gasteiger partial charge in [-0.05, 0) is 43.4 Å². The summed E-state index contributed by atoms with van der Waals surface area (Å²) in [6, 6.07) is 6.87. The van der Waals surface area contributed by atoms with E-state index >= 15 is 0 Å². The molecule has 1 aliphatic heterocycles. The van der Waals surface area contributed by atoms with Gasteiger partial charge < -0.3 is 19.7 Å². The van der Waals surface area contributed by atoms with Crippen LogP contribution in [0.15, 0.2) is 18.2 Å². The predicted octanol–water partition coefficient (Wildman–Crippen LogP) is 2.52. The fourth-order valence-electron chi connectivity index (χ4n) is 4.04. The van der Waals surface area contributed by atoms with E-state index in [0.29, 0.717) is 50.8 Å². The Morgan fingerprint density at radius 1 is 1.31 bits per heavy atom. The number of halogens is 2. The molecule has 2 atom stereocenters. The highest BCUT2D eigenvalue weighted by molar-refractivity contribution is 5.69. The van der Waals surface area contributed by atoms with Gasteiger partial charge >= 0.3 is 12.6 Å². The number of hydrogen-bond donors (Lipinski definition) is 2. The molecule has 2 N–H and O–H groups in total. The first kappa shape index (κ1) is 21.3. The maximum absolute atomic E-state index is 12.8. The third kappa shape index (κ3) is 5.14. The van der Waals surface area contributed by atoms with Crippen molar-refractivity contribution in [3.63, 3.8) is 0 Å². The number of aliphatic carboxylic acids is 1. The Balaban J connectivity index is 1.83. The summed E-state index contributed by atoms with van der Waals surface area (Å²) in [6.45, 7) is -2.21. The molecule has 0 radical (unpaired) electrons. The Labute approximate surface area is 167 Å². The second-order valence-electron chi connectivity index (χ2n) is 7.61. The summed E-state index contributed by atoms with van der Waals surface area (Å²) in [5.74, 6) is -0.900. The van der Waals surface area contributed by atoms with Gasteiger partial charge in [0.25, 0.3) is 0 Å². The minimum Gasteiger partial charge on any atom is -0.486 e. The number of alkyl halides is 2. The fraction of sp³-hybridized carbons (Fsp3) is 0.600. The van der Waals surface area contributed by atoms with E-state index in [1.54, 1.807) is 17.0 Å². The summed E-state index contributed by atoms with van der Waals surface area (Å²) in [5.41, 5.74) is -0.226. The van der Waals surface area contributed by atoms with Gasteiger partial charge in [0.05, 0.1) is 24.1 Å². The number of carboxylic acids is 1. The summed E-state index contributed by atoms with van der Waals surface area (Å²) in [6.07, 6.45) is 1.65. The van der Waals surface area contributed by atoms with Gasteiger partial charge in [-0.2, -0.15) is 14.0 Å². The molecule has 1 saturated carbocycles. The van der Waals surface area contributed by atoms with Gasteiger partial charge in [-0.15, -0.1) is 0 Å². The Hall–Kier alpha value is -2.44. The molecule has 9 heteroatoms. The Morgan fingerprint density at radius 2 is 2.03 bits per heavy atom. The van der Waals surface area contributed by atoms with Crippen molar-refractivity contribution in [2.24, 2.45) is 0 Å². The Morgan fingerprint density at radius 3 is 2.59 bits per heavy atom. The first-order chi connectivity index (χ1) is 13.8. The van der Waals surface area contributed by atoms with E-state index < -0.39 is 24.1 Å². The molecule has 2 aliphatic rings. The maximum atomic E-state index is 12.8. The van der Waals surface area contributed by atoms with Crippen molar-refractivity contribution >= 4 is 5.97 Å². The van der Waals surface area contributed by atoms with Crippen LogP contribution in [0.5, 0.6) is 11.5 Å². The molecule has 2 fully saturated rings. The zero-order valence-corrected chi connectivity index (χ0v) is 15.9. The summed E-state index contributed by atoms with van der Waals surface area (Å²) in [7, 11) is 0. The van der Waals surface area contributed by atoms with Crippen molar-refractivity contribution < 1.29 is 33.3 Å². The van der Waals surface area contributed by atoms with Crippen LogP contribution in [-0.4, -0.2) is 59.5 Å². The second-order valence-corrected chi connectivity index (χ2v) is 7.61. The quantitative estimate of drug-likeness (QED) is 0.712. The summed E-state index contributed by atoms with van der Waals surface area (Å²) >= 11 is 0. The van der Waals surface area contributed by atoms with Crippen molar-refractivity contribution in [2.75, 3.05) is 19.6 Å². The van der Waals surface area contributed by atoms with Gasteiger partial charge in [0.1, 0.15) is 6.10 Å². The van der Waals surface area contributed by atoms with Crippen LogP contribution < -0.4 is 9.47 Å². The van der Waals surface area contributed by atoms with E-state index in [1.807, 2.05) is 0 Å². The van der Waals surface area contributed by atoms with Crippen LogP contribution in [0.2, 0.25) is 0 Å². The van der Waals surface area contributed by atoms with E-state index in [2.05, 4.69) is 10.8 Å². The number of likely N-dealkylation sites (tertiary alicyclic amines) is 1. The topological polar surface area (TPSA) is 103 Å². The molecule has 0 bridgehead atoms. The minimum absolute atomic E-state index is 0.0823. The Kier molecular flexibility index (Phi) is 6.55. The number of rotatable bonds is 7. The van der Waals surface area contributed by atoms with Crippen LogP contribution in [0, 0.1) is 11.3 Å². The second kappa shape index (κ2) is 8.93. The highest BCUT2D eigenvalue weighted by atomic mass is 19.3. The number of hydrogen-bond acceptors (Lipinski definition) is 6.